The first kappa shape index (κ1) is 14.4. The summed E-state index contributed by atoms with van der Waals surface area (Å²) >= 11 is 0. The van der Waals surface area contributed by atoms with Crippen LogP contribution in [-0.4, -0.2) is 24.5 Å². The Morgan fingerprint density at radius 1 is 1.20 bits per heavy atom. The van der Waals surface area contributed by atoms with E-state index in [9.17, 15) is 4.79 Å². The number of rotatable bonds is 7. The molecule has 0 aromatic carbocycles. The zero-order chi connectivity index (χ0) is 11.9. The number of amides is 1. The van der Waals surface area contributed by atoms with Gasteiger partial charge in [-0.15, -0.1) is 0 Å². The van der Waals surface area contributed by atoms with E-state index in [1.54, 1.807) is 7.05 Å². The van der Waals surface area contributed by atoms with Crippen LogP contribution in [0.3, 0.4) is 0 Å². The van der Waals surface area contributed by atoms with E-state index in [2.05, 4.69) is 38.3 Å². The summed E-state index contributed by atoms with van der Waals surface area (Å²) in [7, 11) is 1.68. The summed E-state index contributed by atoms with van der Waals surface area (Å²) < 4.78 is 0. The summed E-state index contributed by atoms with van der Waals surface area (Å²) in [6.45, 7) is 8.68. The zero-order valence-corrected chi connectivity index (χ0v) is 10.8. The minimum absolute atomic E-state index is 0.104. The highest BCUT2D eigenvalue weighted by Crippen LogP contribution is 2.20. The minimum Gasteiger partial charge on any atom is -0.359 e. The maximum absolute atomic E-state index is 11.2. The van der Waals surface area contributed by atoms with E-state index in [1.807, 2.05) is 0 Å². The third-order valence-corrected chi connectivity index (χ3v) is 3.35. The number of carbonyl (C=O) groups is 1. The van der Waals surface area contributed by atoms with Gasteiger partial charge in [-0.05, 0) is 26.2 Å². The Kier molecular flexibility index (Phi) is 6.57. The molecule has 0 aliphatic rings. The summed E-state index contributed by atoms with van der Waals surface area (Å²) in [4.78, 5) is 11.2. The highest BCUT2D eigenvalue weighted by molar-refractivity contribution is 5.76. The lowest BCUT2D eigenvalue weighted by molar-refractivity contribution is -0.121. The zero-order valence-electron chi connectivity index (χ0n) is 10.8. The van der Waals surface area contributed by atoms with Crippen LogP contribution in [0.25, 0.3) is 0 Å². The lowest BCUT2D eigenvalue weighted by Crippen LogP contribution is -2.49. The van der Waals surface area contributed by atoms with Gasteiger partial charge in [-0.2, -0.15) is 0 Å². The Hall–Kier alpha value is -0.570. The predicted octanol–water partition coefficient (Wildman–Crippen LogP) is 2.07. The summed E-state index contributed by atoms with van der Waals surface area (Å²) in [6.07, 6.45) is 3.88. The molecule has 0 aromatic heterocycles. The van der Waals surface area contributed by atoms with Crippen LogP contribution in [0, 0.1) is 0 Å². The molecule has 3 heteroatoms. The van der Waals surface area contributed by atoms with Crippen LogP contribution in [0.1, 0.15) is 53.4 Å². The first-order valence-corrected chi connectivity index (χ1v) is 6.01. The van der Waals surface area contributed by atoms with E-state index in [-0.39, 0.29) is 17.5 Å². The maximum Gasteiger partial charge on any atom is 0.221 e. The maximum atomic E-state index is 11.2. The van der Waals surface area contributed by atoms with Gasteiger partial charge in [0, 0.05) is 25.0 Å². The van der Waals surface area contributed by atoms with Crippen LogP contribution >= 0.6 is 0 Å². The first-order chi connectivity index (χ1) is 7.03. The Morgan fingerprint density at radius 3 is 2.00 bits per heavy atom. The Bertz CT molecular complexity index is 180. The SMILES string of the molecule is CCC(CC)(CC)NC(C)CC(=O)NC. The summed E-state index contributed by atoms with van der Waals surface area (Å²) in [5.41, 5.74) is 0.202. The van der Waals surface area contributed by atoms with E-state index < -0.39 is 0 Å². The molecule has 0 heterocycles. The monoisotopic (exact) mass is 214 g/mol. The molecule has 1 amide bonds. The Labute approximate surface area is 94.0 Å². The molecule has 0 bridgehead atoms. The smallest absolute Gasteiger partial charge is 0.221 e. The molecule has 0 fully saturated rings. The van der Waals surface area contributed by atoms with Gasteiger partial charge in [-0.1, -0.05) is 20.8 Å². The number of carbonyl (C=O) groups excluding carboxylic acids is 1. The van der Waals surface area contributed by atoms with Crippen molar-refractivity contribution in [3.63, 3.8) is 0 Å². The average Bonchev–Trinajstić information content (AvgIpc) is 2.26. The van der Waals surface area contributed by atoms with Gasteiger partial charge in [-0.3, -0.25) is 4.79 Å². The lowest BCUT2D eigenvalue weighted by atomic mass is 9.88. The predicted molar refractivity (Wildman–Crippen MR) is 64.9 cm³/mol. The van der Waals surface area contributed by atoms with Gasteiger partial charge in [0.05, 0.1) is 0 Å². The van der Waals surface area contributed by atoms with Crippen LogP contribution in [0.4, 0.5) is 0 Å². The molecule has 1 atom stereocenters. The van der Waals surface area contributed by atoms with Crippen molar-refractivity contribution in [1.29, 1.82) is 0 Å². The molecule has 0 radical (unpaired) electrons. The van der Waals surface area contributed by atoms with Gasteiger partial charge >= 0.3 is 0 Å². The van der Waals surface area contributed by atoms with Crippen LogP contribution in [0.5, 0.6) is 0 Å². The highest BCUT2D eigenvalue weighted by atomic mass is 16.1. The van der Waals surface area contributed by atoms with E-state index in [0.717, 1.165) is 19.3 Å². The van der Waals surface area contributed by atoms with E-state index >= 15 is 0 Å². The fraction of sp³-hybridized carbons (Fsp3) is 0.917. The molecule has 0 aliphatic carbocycles. The molecule has 0 spiro atoms. The van der Waals surface area contributed by atoms with Crippen molar-refractivity contribution in [2.75, 3.05) is 7.05 Å². The third-order valence-electron chi connectivity index (χ3n) is 3.35. The molecular formula is C12H26N2O. The number of hydrogen-bond acceptors (Lipinski definition) is 2. The summed E-state index contributed by atoms with van der Waals surface area (Å²) in [5, 5.41) is 6.24. The summed E-state index contributed by atoms with van der Waals surface area (Å²) in [5.74, 6) is 0.104. The fourth-order valence-electron chi connectivity index (χ4n) is 2.01. The van der Waals surface area contributed by atoms with Crippen molar-refractivity contribution >= 4 is 5.91 Å². The molecule has 0 aromatic rings. The molecule has 90 valence electrons. The van der Waals surface area contributed by atoms with Crippen molar-refractivity contribution in [1.82, 2.24) is 10.6 Å². The molecule has 0 saturated carbocycles. The van der Waals surface area contributed by atoms with E-state index in [1.165, 1.54) is 0 Å². The van der Waals surface area contributed by atoms with Gasteiger partial charge in [-0.25, -0.2) is 0 Å². The van der Waals surface area contributed by atoms with Gasteiger partial charge in [0.15, 0.2) is 0 Å². The Balaban J connectivity index is 4.22. The van der Waals surface area contributed by atoms with Crippen molar-refractivity contribution in [2.24, 2.45) is 0 Å². The Morgan fingerprint density at radius 2 is 1.67 bits per heavy atom. The first-order valence-electron chi connectivity index (χ1n) is 6.01. The van der Waals surface area contributed by atoms with Gasteiger partial charge in [0.2, 0.25) is 5.91 Å². The molecule has 0 saturated heterocycles. The second-order valence-electron chi connectivity index (χ2n) is 4.26. The second kappa shape index (κ2) is 6.83. The summed E-state index contributed by atoms with van der Waals surface area (Å²) in [6, 6.07) is 0.241. The fourth-order valence-corrected chi connectivity index (χ4v) is 2.01. The minimum atomic E-state index is 0.104. The van der Waals surface area contributed by atoms with Gasteiger partial charge in [0.25, 0.3) is 0 Å². The van der Waals surface area contributed by atoms with E-state index in [0.29, 0.717) is 6.42 Å². The number of hydrogen-bond donors (Lipinski definition) is 2. The van der Waals surface area contributed by atoms with Gasteiger partial charge < -0.3 is 10.6 Å². The van der Waals surface area contributed by atoms with Crippen molar-refractivity contribution in [2.45, 2.75) is 65.0 Å². The molecule has 3 nitrogen and oxygen atoms in total. The highest BCUT2D eigenvalue weighted by Gasteiger charge is 2.25. The molecule has 0 rings (SSSR count). The quantitative estimate of drug-likeness (QED) is 0.681. The molecule has 0 aliphatic heterocycles. The molecule has 2 N–H and O–H groups in total. The topological polar surface area (TPSA) is 41.1 Å². The van der Waals surface area contributed by atoms with E-state index in [4.69, 9.17) is 0 Å². The largest absolute Gasteiger partial charge is 0.359 e. The van der Waals surface area contributed by atoms with Crippen molar-refractivity contribution in [3.8, 4) is 0 Å². The lowest BCUT2D eigenvalue weighted by Gasteiger charge is -2.35. The molecular weight excluding hydrogens is 188 g/mol. The van der Waals surface area contributed by atoms with Crippen molar-refractivity contribution < 1.29 is 4.79 Å². The van der Waals surface area contributed by atoms with Crippen molar-refractivity contribution in [3.05, 3.63) is 0 Å². The molecule has 1 unspecified atom stereocenters. The molecule has 15 heavy (non-hydrogen) atoms. The van der Waals surface area contributed by atoms with Crippen LogP contribution in [-0.2, 0) is 4.79 Å². The van der Waals surface area contributed by atoms with Crippen LogP contribution in [0.2, 0.25) is 0 Å². The standard InChI is InChI=1S/C12H26N2O/c1-6-12(7-2,8-3)14-10(4)9-11(15)13-5/h10,14H,6-9H2,1-5H3,(H,13,15). The van der Waals surface area contributed by atoms with Gasteiger partial charge in [0.1, 0.15) is 0 Å². The number of nitrogens with one attached hydrogen (secondary N) is 2. The second-order valence-corrected chi connectivity index (χ2v) is 4.26. The third kappa shape index (κ3) is 4.65. The van der Waals surface area contributed by atoms with Crippen LogP contribution < -0.4 is 10.6 Å². The normalized spacial score (nSPS) is 13.7. The average molecular weight is 214 g/mol. The van der Waals surface area contributed by atoms with Crippen LogP contribution in [0.15, 0.2) is 0 Å².